The van der Waals surface area contributed by atoms with Gasteiger partial charge >= 0.3 is 0 Å². The van der Waals surface area contributed by atoms with Crippen LogP contribution in [-0.4, -0.2) is 39.0 Å². The molecule has 5 nitrogen and oxygen atoms in total. The van der Waals surface area contributed by atoms with Crippen LogP contribution in [0.3, 0.4) is 0 Å². The molecule has 0 saturated heterocycles. The van der Waals surface area contributed by atoms with Crippen molar-refractivity contribution in [2.24, 2.45) is 17.6 Å². The fourth-order valence-electron chi connectivity index (χ4n) is 4.97. The Morgan fingerprint density at radius 2 is 1.15 bits per heavy atom. The van der Waals surface area contributed by atoms with Crippen LogP contribution in [0.15, 0.2) is 60.7 Å². The molecule has 0 heterocycles. The van der Waals surface area contributed by atoms with E-state index in [0.717, 1.165) is 11.1 Å². The molecule has 0 aromatic heterocycles. The summed E-state index contributed by atoms with van der Waals surface area (Å²) in [5.41, 5.74) is 6.98. The number of nitrogens with zero attached hydrogens (tertiary/aromatic N) is 1. The molecule has 0 fully saturated rings. The van der Waals surface area contributed by atoms with Crippen LogP contribution in [0, 0.1) is 11.8 Å². The van der Waals surface area contributed by atoms with Crippen LogP contribution in [0.1, 0.15) is 65.5 Å². The number of carbonyl (C=O) groups is 2. The molecular formula is C29H42N2O3. The van der Waals surface area contributed by atoms with E-state index in [-0.39, 0.29) is 29.8 Å². The highest BCUT2D eigenvalue weighted by Crippen LogP contribution is 2.30. The van der Waals surface area contributed by atoms with Gasteiger partial charge in [-0.2, -0.15) is 0 Å². The van der Waals surface area contributed by atoms with Gasteiger partial charge in [-0.25, -0.2) is 0 Å². The van der Waals surface area contributed by atoms with E-state index < -0.39 is 23.8 Å². The van der Waals surface area contributed by atoms with Crippen molar-refractivity contribution in [3.05, 3.63) is 71.8 Å². The van der Waals surface area contributed by atoms with E-state index in [1.165, 1.54) is 0 Å². The number of amides is 2. The van der Waals surface area contributed by atoms with Crippen LogP contribution in [0.25, 0.3) is 0 Å². The summed E-state index contributed by atoms with van der Waals surface area (Å²) in [6.45, 7) is 12.2. The summed E-state index contributed by atoms with van der Waals surface area (Å²) in [7, 11) is 0. The molecule has 2 aromatic carbocycles. The van der Waals surface area contributed by atoms with Crippen LogP contribution in [0.2, 0.25) is 0 Å². The number of hydrogen-bond donors (Lipinski definition) is 2. The van der Waals surface area contributed by atoms with Crippen LogP contribution >= 0.6 is 0 Å². The Labute approximate surface area is 205 Å². The molecule has 186 valence electrons. The van der Waals surface area contributed by atoms with E-state index in [0.29, 0.717) is 12.8 Å². The average molecular weight is 467 g/mol. The molecule has 0 aliphatic heterocycles. The Morgan fingerprint density at radius 3 is 1.53 bits per heavy atom. The highest BCUT2D eigenvalue weighted by molar-refractivity contribution is 5.81. The van der Waals surface area contributed by atoms with Crippen molar-refractivity contribution in [1.29, 1.82) is 0 Å². The standard InChI is InChI=1S/C29H42N2O3/c1-28(2,3)31(29(4,5)6)27(34)24(18-22-15-11-8-12-16-22)20-25(32)19-23(26(30)33)17-21-13-9-7-10-14-21/h7-16,23-25,32H,17-20H2,1-6H3,(H2,30,33). The molecule has 0 radical (unpaired) electrons. The van der Waals surface area contributed by atoms with E-state index in [1.807, 2.05) is 107 Å². The normalized spacial score (nSPS) is 14.8. The maximum Gasteiger partial charge on any atom is 0.226 e. The zero-order chi connectivity index (χ0) is 25.5. The van der Waals surface area contributed by atoms with Gasteiger partial charge in [-0.1, -0.05) is 60.7 Å². The lowest BCUT2D eigenvalue weighted by Gasteiger charge is -2.47. The van der Waals surface area contributed by atoms with Gasteiger partial charge in [0, 0.05) is 22.9 Å². The minimum atomic E-state index is -0.819. The van der Waals surface area contributed by atoms with E-state index >= 15 is 0 Å². The summed E-state index contributed by atoms with van der Waals surface area (Å²) >= 11 is 0. The van der Waals surface area contributed by atoms with Gasteiger partial charge in [0.2, 0.25) is 11.8 Å². The Morgan fingerprint density at radius 1 is 0.765 bits per heavy atom. The third-order valence-corrected chi connectivity index (χ3v) is 6.08. The topological polar surface area (TPSA) is 83.6 Å². The van der Waals surface area contributed by atoms with Crippen molar-refractivity contribution in [1.82, 2.24) is 4.90 Å². The fourth-order valence-corrected chi connectivity index (χ4v) is 4.97. The molecular weight excluding hydrogens is 424 g/mol. The molecule has 34 heavy (non-hydrogen) atoms. The second-order valence-electron chi connectivity index (χ2n) is 11.3. The van der Waals surface area contributed by atoms with Crippen molar-refractivity contribution in [2.75, 3.05) is 0 Å². The second kappa shape index (κ2) is 11.7. The van der Waals surface area contributed by atoms with E-state index in [9.17, 15) is 14.7 Å². The summed E-state index contributed by atoms with van der Waals surface area (Å²) in [5, 5.41) is 11.1. The van der Waals surface area contributed by atoms with Crippen LogP contribution in [0.5, 0.6) is 0 Å². The van der Waals surface area contributed by atoms with Gasteiger partial charge in [-0.05, 0) is 78.4 Å². The summed E-state index contributed by atoms with van der Waals surface area (Å²) < 4.78 is 0. The lowest BCUT2D eigenvalue weighted by molar-refractivity contribution is -0.148. The number of nitrogens with two attached hydrogens (primary N) is 1. The van der Waals surface area contributed by atoms with Gasteiger partial charge in [0.1, 0.15) is 0 Å². The average Bonchev–Trinajstić information content (AvgIpc) is 2.72. The quantitative estimate of drug-likeness (QED) is 0.530. The molecule has 3 unspecified atom stereocenters. The zero-order valence-corrected chi connectivity index (χ0v) is 21.6. The number of carbonyl (C=O) groups excluding carboxylic acids is 2. The molecule has 2 rings (SSSR count). The van der Waals surface area contributed by atoms with Crippen molar-refractivity contribution in [3.8, 4) is 0 Å². The molecule has 0 bridgehead atoms. The number of rotatable bonds is 10. The molecule has 0 aliphatic rings. The number of aliphatic hydroxyl groups is 1. The van der Waals surface area contributed by atoms with Gasteiger partial charge in [-0.3, -0.25) is 9.59 Å². The van der Waals surface area contributed by atoms with E-state index in [2.05, 4.69) is 0 Å². The molecule has 2 aromatic rings. The minimum Gasteiger partial charge on any atom is -0.393 e. The predicted octanol–water partition coefficient (Wildman–Crippen LogP) is 4.76. The Balaban J connectivity index is 2.26. The Kier molecular flexibility index (Phi) is 9.45. The summed E-state index contributed by atoms with van der Waals surface area (Å²) in [5.74, 6) is -1.33. The maximum atomic E-state index is 13.9. The SMILES string of the molecule is CC(C)(C)N(C(=O)C(Cc1ccccc1)CC(O)CC(Cc1ccccc1)C(N)=O)C(C)(C)C. The Hall–Kier alpha value is -2.66. The van der Waals surface area contributed by atoms with Crippen LogP contribution in [-0.2, 0) is 22.4 Å². The predicted molar refractivity (Wildman–Crippen MR) is 138 cm³/mol. The molecule has 0 spiro atoms. The van der Waals surface area contributed by atoms with Crippen molar-refractivity contribution >= 4 is 11.8 Å². The van der Waals surface area contributed by atoms with Gasteiger partial charge < -0.3 is 15.7 Å². The van der Waals surface area contributed by atoms with Crippen molar-refractivity contribution in [3.63, 3.8) is 0 Å². The molecule has 3 atom stereocenters. The largest absolute Gasteiger partial charge is 0.393 e. The number of benzene rings is 2. The van der Waals surface area contributed by atoms with Gasteiger partial charge in [-0.15, -0.1) is 0 Å². The maximum absolute atomic E-state index is 13.9. The van der Waals surface area contributed by atoms with Crippen molar-refractivity contribution < 1.29 is 14.7 Å². The van der Waals surface area contributed by atoms with E-state index in [1.54, 1.807) is 0 Å². The summed E-state index contributed by atoms with van der Waals surface area (Å²) in [4.78, 5) is 28.0. The number of primary amides is 1. The first-order chi connectivity index (χ1) is 15.8. The molecule has 0 aliphatic carbocycles. The first-order valence-corrected chi connectivity index (χ1v) is 12.2. The van der Waals surface area contributed by atoms with Crippen LogP contribution < -0.4 is 5.73 Å². The highest BCUT2D eigenvalue weighted by Gasteiger charge is 2.39. The van der Waals surface area contributed by atoms with Gasteiger partial charge in [0.25, 0.3) is 0 Å². The van der Waals surface area contributed by atoms with Gasteiger partial charge in [0.15, 0.2) is 0 Å². The minimum absolute atomic E-state index is 0.0154. The smallest absolute Gasteiger partial charge is 0.226 e. The van der Waals surface area contributed by atoms with Crippen LogP contribution in [0.4, 0.5) is 0 Å². The second-order valence-corrected chi connectivity index (χ2v) is 11.3. The third kappa shape index (κ3) is 8.28. The number of aliphatic hydroxyl groups excluding tert-OH is 1. The summed E-state index contributed by atoms with van der Waals surface area (Å²) in [6.07, 6.45) is 0.684. The molecule has 0 saturated carbocycles. The summed E-state index contributed by atoms with van der Waals surface area (Å²) in [6, 6.07) is 19.6. The lowest BCUT2D eigenvalue weighted by atomic mass is 9.84. The lowest BCUT2D eigenvalue weighted by Crippen LogP contribution is -2.58. The van der Waals surface area contributed by atoms with E-state index in [4.69, 9.17) is 5.73 Å². The first-order valence-electron chi connectivity index (χ1n) is 12.2. The van der Waals surface area contributed by atoms with Crippen molar-refractivity contribution in [2.45, 2.75) is 84.4 Å². The third-order valence-electron chi connectivity index (χ3n) is 6.08. The molecule has 5 heteroatoms. The fraction of sp³-hybridized carbons (Fsp3) is 0.517. The highest BCUT2D eigenvalue weighted by atomic mass is 16.3. The number of hydrogen-bond acceptors (Lipinski definition) is 3. The monoisotopic (exact) mass is 466 g/mol. The first kappa shape index (κ1) is 27.6. The Bertz CT molecular complexity index is 900. The van der Waals surface area contributed by atoms with Gasteiger partial charge in [0.05, 0.1) is 6.10 Å². The molecule has 2 amide bonds. The molecule has 3 N–H and O–H groups in total. The zero-order valence-electron chi connectivity index (χ0n) is 21.6.